The van der Waals surface area contributed by atoms with Crippen molar-refractivity contribution < 1.29 is 9.50 Å². The van der Waals surface area contributed by atoms with E-state index in [4.69, 9.17) is 10.8 Å². The van der Waals surface area contributed by atoms with Gasteiger partial charge in [0.2, 0.25) is 0 Å². The minimum Gasteiger partial charge on any atom is -0.395 e. The normalized spacial score (nSPS) is 12.1. The highest BCUT2D eigenvalue weighted by Gasteiger charge is 2.09. The monoisotopic (exact) mass is 250 g/mol. The van der Waals surface area contributed by atoms with E-state index in [2.05, 4.69) is 11.8 Å². The standard InChI is InChI=1S/C14H19FN2O/c1-11(10-18)17(2)9-13-6-12(4-3-5-16)7-14(15)8-13/h6-8,11,18H,5,9-10,16H2,1-2H3. The summed E-state index contributed by atoms with van der Waals surface area (Å²) in [6.07, 6.45) is 0. The number of nitrogens with zero attached hydrogens (tertiary/aromatic N) is 1. The molecule has 1 rings (SSSR count). The summed E-state index contributed by atoms with van der Waals surface area (Å²) in [5, 5.41) is 9.06. The first-order valence-corrected chi connectivity index (χ1v) is 5.86. The van der Waals surface area contributed by atoms with Gasteiger partial charge in [0.25, 0.3) is 0 Å². The number of aliphatic hydroxyl groups is 1. The molecule has 0 fully saturated rings. The van der Waals surface area contributed by atoms with Crippen molar-refractivity contribution in [3.05, 3.63) is 35.1 Å². The molecule has 0 aliphatic heterocycles. The van der Waals surface area contributed by atoms with Crippen molar-refractivity contribution in [1.82, 2.24) is 4.90 Å². The van der Waals surface area contributed by atoms with Crippen LogP contribution >= 0.6 is 0 Å². The lowest BCUT2D eigenvalue weighted by molar-refractivity contribution is 0.154. The highest BCUT2D eigenvalue weighted by atomic mass is 19.1. The Kier molecular flexibility index (Phi) is 5.79. The molecule has 1 unspecified atom stereocenters. The van der Waals surface area contributed by atoms with Gasteiger partial charge in [0.1, 0.15) is 5.82 Å². The van der Waals surface area contributed by atoms with Crippen molar-refractivity contribution in [2.75, 3.05) is 20.2 Å². The Morgan fingerprint density at radius 3 is 2.78 bits per heavy atom. The van der Waals surface area contributed by atoms with E-state index < -0.39 is 0 Å². The van der Waals surface area contributed by atoms with Gasteiger partial charge in [-0.3, -0.25) is 4.90 Å². The Morgan fingerprint density at radius 1 is 1.44 bits per heavy atom. The minimum atomic E-state index is -0.307. The SMILES string of the molecule is CC(CO)N(C)Cc1cc(F)cc(C#CCN)c1. The molecule has 4 heteroatoms. The van der Waals surface area contributed by atoms with Crippen LogP contribution < -0.4 is 5.73 Å². The number of hydrogen-bond donors (Lipinski definition) is 2. The maximum Gasteiger partial charge on any atom is 0.124 e. The predicted octanol–water partition coefficient (Wildman–Crippen LogP) is 0.948. The van der Waals surface area contributed by atoms with Crippen molar-refractivity contribution in [2.24, 2.45) is 5.73 Å². The number of aliphatic hydroxyl groups excluding tert-OH is 1. The molecule has 18 heavy (non-hydrogen) atoms. The van der Waals surface area contributed by atoms with Crippen LogP contribution in [0.5, 0.6) is 0 Å². The number of nitrogens with two attached hydrogens (primary N) is 1. The topological polar surface area (TPSA) is 49.5 Å². The van der Waals surface area contributed by atoms with Gasteiger partial charge in [-0.1, -0.05) is 11.8 Å². The van der Waals surface area contributed by atoms with E-state index in [0.29, 0.717) is 12.1 Å². The first-order valence-electron chi connectivity index (χ1n) is 5.86. The van der Waals surface area contributed by atoms with Gasteiger partial charge < -0.3 is 10.8 Å². The first-order chi connectivity index (χ1) is 8.56. The van der Waals surface area contributed by atoms with E-state index in [9.17, 15) is 4.39 Å². The summed E-state index contributed by atoms with van der Waals surface area (Å²) < 4.78 is 13.4. The minimum absolute atomic E-state index is 0.0341. The Balaban J connectivity index is 2.86. The van der Waals surface area contributed by atoms with Gasteiger partial charge >= 0.3 is 0 Å². The molecule has 98 valence electrons. The Bertz CT molecular complexity index is 451. The molecule has 3 N–H and O–H groups in total. The van der Waals surface area contributed by atoms with Crippen molar-refractivity contribution >= 4 is 0 Å². The zero-order valence-corrected chi connectivity index (χ0v) is 10.8. The van der Waals surface area contributed by atoms with Gasteiger partial charge in [-0.15, -0.1) is 0 Å². The van der Waals surface area contributed by atoms with Crippen LogP contribution in [0.1, 0.15) is 18.1 Å². The lowest BCUT2D eigenvalue weighted by Crippen LogP contribution is -2.31. The van der Waals surface area contributed by atoms with Gasteiger partial charge in [0, 0.05) is 18.2 Å². The Morgan fingerprint density at radius 2 is 2.17 bits per heavy atom. The molecule has 0 amide bonds. The summed E-state index contributed by atoms with van der Waals surface area (Å²) in [6.45, 7) is 2.81. The second-order valence-corrected chi connectivity index (χ2v) is 4.30. The van der Waals surface area contributed by atoms with Crippen LogP contribution in [0.4, 0.5) is 4.39 Å². The second-order valence-electron chi connectivity index (χ2n) is 4.30. The summed E-state index contributed by atoms with van der Waals surface area (Å²) >= 11 is 0. The van der Waals surface area contributed by atoms with Crippen molar-refractivity contribution in [1.29, 1.82) is 0 Å². The molecule has 3 nitrogen and oxygen atoms in total. The van der Waals surface area contributed by atoms with Crippen molar-refractivity contribution in [3.8, 4) is 11.8 Å². The summed E-state index contributed by atoms with van der Waals surface area (Å²) in [5.41, 5.74) is 6.75. The number of hydrogen-bond acceptors (Lipinski definition) is 3. The molecule has 0 spiro atoms. The lowest BCUT2D eigenvalue weighted by Gasteiger charge is -2.22. The van der Waals surface area contributed by atoms with Gasteiger partial charge in [0.05, 0.1) is 13.2 Å². The van der Waals surface area contributed by atoms with E-state index in [-0.39, 0.29) is 25.0 Å². The number of benzene rings is 1. The van der Waals surface area contributed by atoms with Crippen LogP contribution in [0.25, 0.3) is 0 Å². The number of likely N-dealkylation sites (N-methyl/N-ethyl adjacent to an activating group) is 1. The van der Waals surface area contributed by atoms with Crippen LogP contribution in [0.2, 0.25) is 0 Å². The lowest BCUT2D eigenvalue weighted by atomic mass is 10.1. The van der Waals surface area contributed by atoms with E-state index in [1.807, 2.05) is 24.9 Å². The maximum absolute atomic E-state index is 13.4. The molecule has 1 aromatic carbocycles. The zero-order chi connectivity index (χ0) is 13.5. The number of rotatable bonds is 4. The molecular formula is C14H19FN2O. The summed E-state index contributed by atoms with van der Waals surface area (Å²) in [5.74, 6) is 5.22. The molecule has 0 bridgehead atoms. The third-order valence-electron chi connectivity index (χ3n) is 2.74. The average Bonchev–Trinajstić information content (AvgIpc) is 2.34. The summed E-state index contributed by atoms with van der Waals surface area (Å²) in [7, 11) is 1.89. The van der Waals surface area contributed by atoms with E-state index in [1.165, 1.54) is 12.1 Å². The summed E-state index contributed by atoms with van der Waals surface area (Å²) in [4.78, 5) is 1.95. The molecule has 0 aliphatic rings. The first kappa shape index (κ1) is 14.7. The molecule has 0 radical (unpaired) electrons. The van der Waals surface area contributed by atoms with Gasteiger partial charge in [-0.05, 0) is 37.7 Å². The van der Waals surface area contributed by atoms with Gasteiger partial charge in [-0.25, -0.2) is 4.39 Å². The summed E-state index contributed by atoms with van der Waals surface area (Å²) in [6, 6.07) is 4.74. The van der Waals surface area contributed by atoms with E-state index >= 15 is 0 Å². The smallest absolute Gasteiger partial charge is 0.124 e. The number of halogens is 1. The van der Waals surface area contributed by atoms with Crippen molar-refractivity contribution in [3.63, 3.8) is 0 Å². The average molecular weight is 250 g/mol. The molecule has 1 aromatic rings. The molecule has 0 heterocycles. The fourth-order valence-electron chi connectivity index (χ4n) is 1.55. The van der Waals surface area contributed by atoms with E-state index in [1.54, 1.807) is 0 Å². The maximum atomic E-state index is 13.4. The molecule has 1 atom stereocenters. The molecule has 0 aromatic heterocycles. The van der Waals surface area contributed by atoms with Crippen LogP contribution in [0.3, 0.4) is 0 Å². The molecule has 0 saturated heterocycles. The second kappa shape index (κ2) is 7.12. The highest BCUT2D eigenvalue weighted by Crippen LogP contribution is 2.11. The van der Waals surface area contributed by atoms with Crippen LogP contribution in [0, 0.1) is 17.7 Å². The van der Waals surface area contributed by atoms with Gasteiger partial charge in [0.15, 0.2) is 0 Å². The quantitative estimate of drug-likeness (QED) is 0.782. The molecule has 0 aliphatic carbocycles. The third kappa shape index (κ3) is 4.46. The molecule has 0 saturated carbocycles. The predicted molar refractivity (Wildman–Crippen MR) is 70.3 cm³/mol. The van der Waals surface area contributed by atoms with Crippen LogP contribution in [0.15, 0.2) is 18.2 Å². The Labute approximate surface area is 107 Å². The highest BCUT2D eigenvalue weighted by molar-refractivity contribution is 5.38. The van der Waals surface area contributed by atoms with Crippen molar-refractivity contribution in [2.45, 2.75) is 19.5 Å². The van der Waals surface area contributed by atoms with Crippen LogP contribution in [-0.2, 0) is 6.54 Å². The fraction of sp³-hybridized carbons (Fsp3) is 0.429. The third-order valence-corrected chi connectivity index (χ3v) is 2.74. The van der Waals surface area contributed by atoms with Crippen LogP contribution in [-0.4, -0.2) is 36.2 Å². The fourth-order valence-corrected chi connectivity index (χ4v) is 1.55. The van der Waals surface area contributed by atoms with E-state index in [0.717, 1.165) is 5.56 Å². The van der Waals surface area contributed by atoms with Gasteiger partial charge in [-0.2, -0.15) is 0 Å². The molecular weight excluding hydrogens is 231 g/mol. The Hall–Kier alpha value is -1.41. The largest absolute Gasteiger partial charge is 0.395 e. The zero-order valence-electron chi connectivity index (χ0n) is 10.8.